The number of hydrogen-bond acceptors (Lipinski definition) is 5. The van der Waals surface area contributed by atoms with Gasteiger partial charge in [0, 0.05) is 17.8 Å². The van der Waals surface area contributed by atoms with Crippen molar-refractivity contribution in [2.75, 3.05) is 4.72 Å². The summed E-state index contributed by atoms with van der Waals surface area (Å²) in [6, 6.07) is 5.20. The van der Waals surface area contributed by atoms with Crippen LogP contribution in [0.5, 0.6) is 0 Å². The van der Waals surface area contributed by atoms with Crippen molar-refractivity contribution in [1.29, 1.82) is 0 Å². The molecule has 1 aromatic carbocycles. The molecule has 2 heterocycles. The maximum Gasteiger partial charge on any atom is 0.148 e. The first-order chi connectivity index (χ1) is 12.9. The van der Waals surface area contributed by atoms with Gasteiger partial charge in [-0.1, -0.05) is 23.4 Å². The van der Waals surface area contributed by atoms with Crippen molar-refractivity contribution in [3.05, 3.63) is 76.1 Å². The molecule has 0 amide bonds. The molecule has 0 bridgehead atoms. The summed E-state index contributed by atoms with van der Waals surface area (Å²) in [6.45, 7) is 3.61. The summed E-state index contributed by atoms with van der Waals surface area (Å²) >= 11 is 7.08. The molecular weight excluding hydrogens is 390 g/mol. The third-order valence-corrected chi connectivity index (χ3v) is 4.73. The quantitative estimate of drug-likeness (QED) is 0.382. The summed E-state index contributed by atoms with van der Waals surface area (Å²) in [5, 5.41) is 0.288. The molecule has 0 radical (unpaired) electrons. The molecule has 3 aromatic rings. The molecule has 0 fully saturated rings. The van der Waals surface area contributed by atoms with Gasteiger partial charge in [-0.15, -0.1) is 0 Å². The zero-order chi connectivity index (χ0) is 19.4. The summed E-state index contributed by atoms with van der Waals surface area (Å²) in [5.74, 6) is 4.67. The molecule has 1 N–H and O–H groups in total. The van der Waals surface area contributed by atoms with Gasteiger partial charge in [0.1, 0.15) is 23.1 Å². The van der Waals surface area contributed by atoms with Gasteiger partial charge in [0.15, 0.2) is 0 Å². The topological polar surface area (TPSA) is 50.7 Å². The van der Waals surface area contributed by atoms with Crippen molar-refractivity contribution in [1.82, 2.24) is 15.0 Å². The van der Waals surface area contributed by atoms with Gasteiger partial charge in [-0.05, 0) is 44.0 Å². The molecule has 4 nitrogen and oxygen atoms in total. The summed E-state index contributed by atoms with van der Waals surface area (Å²) in [6.07, 6.45) is 3.01. The highest BCUT2D eigenvalue weighted by Crippen LogP contribution is 2.26. The largest absolute Gasteiger partial charge is 0.324 e. The Balaban J connectivity index is 1.82. The molecule has 8 heteroatoms. The van der Waals surface area contributed by atoms with E-state index in [2.05, 4.69) is 31.5 Å². The third kappa shape index (κ3) is 4.73. The van der Waals surface area contributed by atoms with E-state index in [1.54, 1.807) is 19.2 Å². The minimum atomic E-state index is -0.636. The van der Waals surface area contributed by atoms with E-state index in [9.17, 15) is 8.78 Å². The fourth-order valence-electron chi connectivity index (χ4n) is 2.09. The minimum Gasteiger partial charge on any atom is -0.324 e. The monoisotopic (exact) mass is 402 g/mol. The number of aromatic nitrogens is 3. The predicted octanol–water partition coefficient (Wildman–Crippen LogP) is 4.94. The predicted molar refractivity (Wildman–Crippen MR) is 103 cm³/mol. The number of rotatable bonds is 3. The van der Waals surface area contributed by atoms with Crippen molar-refractivity contribution in [3.8, 4) is 11.8 Å². The van der Waals surface area contributed by atoms with Crippen LogP contribution in [0.1, 0.15) is 22.5 Å². The van der Waals surface area contributed by atoms with Gasteiger partial charge in [0.25, 0.3) is 0 Å². The number of halogens is 3. The van der Waals surface area contributed by atoms with Crippen LogP contribution in [0.15, 0.2) is 41.7 Å². The normalized spacial score (nSPS) is 10.3. The van der Waals surface area contributed by atoms with E-state index in [0.29, 0.717) is 28.2 Å². The van der Waals surface area contributed by atoms with Gasteiger partial charge in [-0.3, -0.25) is 4.98 Å². The lowest BCUT2D eigenvalue weighted by atomic mass is 10.2. The molecule has 0 saturated heterocycles. The molecule has 27 heavy (non-hydrogen) atoms. The van der Waals surface area contributed by atoms with Crippen molar-refractivity contribution in [3.63, 3.8) is 0 Å². The maximum absolute atomic E-state index is 13.8. The Labute approximate surface area is 164 Å². The molecule has 0 atom stereocenters. The zero-order valence-corrected chi connectivity index (χ0v) is 15.9. The summed E-state index contributed by atoms with van der Waals surface area (Å²) in [4.78, 5) is 12.6. The van der Waals surface area contributed by atoms with Crippen molar-refractivity contribution < 1.29 is 8.78 Å². The van der Waals surface area contributed by atoms with Crippen LogP contribution in [-0.2, 0) is 0 Å². The van der Waals surface area contributed by atoms with Gasteiger partial charge in [0.05, 0.1) is 27.5 Å². The van der Waals surface area contributed by atoms with Crippen LogP contribution in [0.4, 0.5) is 14.5 Å². The highest BCUT2D eigenvalue weighted by molar-refractivity contribution is 8.00. The number of hydrogen-bond donors (Lipinski definition) is 1. The van der Waals surface area contributed by atoms with Crippen molar-refractivity contribution >= 4 is 29.2 Å². The average Bonchev–Trinajstić information content (AvgIpc) is 2.62. The highest BCUT2D eigenvalue weighted by atomic mass is 35.5. The van der Waals surface area contributed by atoms with Crippen molar-refractivity contribution in [2.45, 2.75) is 18.7 Å². The first-order valence-electron chi connectivity index (χ1n) is 7.77. The third-order valence-electron chi connectivity index (χ3n) is 3.57. The lowest BCUT2D eigenvalue weighted by Crippen LogP contribution is -1.96. The van der Waals surface area contributed by atoms with Crippen molar-refractivity contribution in [2.24, 2.45) is 0 Å². The second-order valence-electron chi connectivity index (χ2n) is 5.51. The fourth-order valence-corrected chi connectivity index (χ4v) is 3.04. The average molecular weight is 403 g/mol. The van der Waals surface area contributed by atoms with Crippen LogP contribution < -0.4 is 4.72 Å². The molecule has 0 aliphatic rings. The molecule has 0 spiro atoms. The van der Waals surface area contributed by atoms with Crippen LogP contribution in [0.25, 0.3) is 0 Å². The Bertz CT molecular complexity index is 1040. The molecule has 3 rings (SSSR count). The minimum absolute atomic E-state index is 0.274. The lowest BCUT2D eigenvalue weighted by Gasteiger charge is -2.09. The molecule has 0 unspecified atom stereocenters. The number of nitrogens with one attached hydrogen (secondary N) is 1. The standard InChI is InChI=1S/C19H13ClF2N4S/c1-11-15(19(20)25-10-24-11)5-3-13-7-17(12(2)23-9-13)26-27-18-6-4-14(21)8-16(18)22/h4,6-10,26H,1-2H3. The Hall–Kier alpha value is -2.69. The van der Waals surface area contributed by atoms with E-state index >= 15 is 0 Å². The van der Waals surface area contributed by atoms with E-state index < -0.39 is 11.6 Å². The van der Waals surface area contributed by atoms with E-state index in [1.165, 1.54) is 18.5 Å². The fraction of sp³-hybridized carbons (Fsp3) is 0.105. The molecule has 0 aliphatic heterocycles. The Kier molecular flexibility index (Phi) is 5.89. The second kappa shape index (κ2) is 8.33. The summed E-state index contributed by atoms with van der Waals surface area (Å²) in [7, 11) is 0. The second-order valence-corrected chi connectivity index (χ2v) is 6.72. The van der Waals surface area contributed by atoms with E-state index in [1.807, 2.05) is 6.92 Å². The number of anilines is 1. The zero-order valence-electron chi connectivity index (χ0n) is 14.3. The molecular formula is C19H13ClF2N4S. The molecule has 0 saturated carbocycles. The summed E-state index contributed by atoms with van der Waals surface area (Å²) in [5.41, 5.74) is 3.26. The maximum atomic E-state index is 13.8. The van der Waals surface area contributed by atoms with Gasteiger partial charge >= 0.3 is 0 Å². The van der Waals surface area contributed by atoms with Gasteiger partial charge in [0.2, 0.25) is 0 Å². The van der Waals surface area contributed by atoms with Crippen LogP contribution in [0.3, 0.4) is 0 Å². The van der Waals surface area contributed by atoms with Crippen LogP contribution in [-0.4, -0.2) is 15.0 Å². The van der Waals surface area contributed by atoms with Gasteiger partial charge < -0.3 is 4.72 Å². The number of aryl methyl sites for hydroxylation is 2. The first-order valence-corrected chi connectivity index (χ1v) is 8.97. The smallest absolute Gasteiger partial charge is 0.148 e. The molecule has 0 aliphatic carbocycles. The van der Waals surface area contributed by atoms with Crippen LogP contribution in [0.2, 0.25) is 5.15 Å². The highest BCUT2D eigenvalue weighted by Gasteiger charge is 2.07. The Morgan fingerprint density at radius 3 is 2.59 bits per heavy atom. The number of pyridine rings is 1. The first kappa shape index (κ1) is 19.1. The van der Waals surface area contributed by atoms with Crippen LogP contribution in [0, 0.1) is 37.3 Å². The van der Waals surface area contributed by atoms with Crippen LogP contribution >= 0.6 is 23.5 Å². The SMILES string of the molecule is Cc1ncc(C#Cc2c(C)ncnc2Cl)cc1NSc1ccc(F)cc1F. The Morgan fingerprint density at radius 1 is 1.04 bits per heavy atom. The lowest BCUT2D eigenvalue weighted by molar-refractivity contribution is 0.566. The van der Waals surface area contributed by atoms with E-state index in [4.69, 9.17) is 11.6 Å². The Morgan fingerprint density at radius 2 is 1.85 bits per heavy atom. The number of nitrogens with zero attached hydrogens (tertiary/aromatic N) is 3. The molecule has 136 valence electrons. The number of benzene rings is 1. The van der Waals surface area contributed by atoms with E-state index in [-0.39, 0.29) is 10.0 Å². The van der Waals surface area contributed by atoms with Gasteiger partial charge in [-0.25, -0.2) is 18.7 Å². The summed E-state index contributed by atoms with van der Waals surface area (Å²) < 4.78 is 29.8. The molecule has 2 aromatic heterocycles. The van der Waals surface area contributed by atoms with Gasteiger partial charge in [-0.2, -0.15) is 0 Å². The van der Waals surface area contributed by atoms with E-state index in [0.717, 1.165) is 18.0 Å².